The maximum Gasteiger partial charge on any atom is 0.0514 e. The third-order valence-corrected chi connectivity index (χ3v) is 5.25. The molecular weight excluding hydrogens is 254 g/mol. The molecular formula is C16H27NOS. The average molecular weight is 281 g/mol. The Morgan fingerprint density at radius 2 is 1.79 bits per heavy atom. The highest BCUT2D eigenvalue weighted by atomic mass is 32.2. The van der Waals surface area contributed by atoms with Crippen molar-refractivity contribution in [3.8, 4) is 0 Å². The zero-order chi connectivity index (χ0) is 14.3. The molecule has 0 bridgehead atoms. The van der Waals surface area contributed by atoms with Crippen molar-refractivity contribution >= 4 is 10.8 Å². The average Bonchev–Trinajstić information content (AvgIpc) is 2.39. The van der Waals surface area contributed by atoms with Crippen LogP contribution >= 0.6 is 0 Å². The van der Waals surface area contributed by atoms with E-state index in [0.29, 0.717) is 5.92 Å². The van der Waals surface area contributed by atoms with Crippen LogP contribution in [0, 0.1) is 5.92 Å². The van der Waals surface area contributed by atoms with Gasteiger partial charge in [-0.3, -0.25) is 4.21 Å². The van der Waals surface area contributed by atoms with E-state index in [-0.39, 0.29) is 11.3 Å². The van der Waals surface area contributed by atoms with E-state index in [9.17, 15) is 4.21 Å². The van der Waals surface area contributed by atoms with Crippen molar-refractivity contribution < 1.29 is 4.21 Å². The van der Waals surface area contributed by atoms with Crippen LogP contribution in [0.1, 0.15) is 45.7 Å². The molecule has 0 aliphatic heterocycles. The molecule has 0 aliphatic carbocycles. The van der Waals surface area contributed by atoms with Gasteiger partial charge in [0.05, 0.1) is 5.25 Å². The van der Waals surface area contributed by atoms with E-state index >= 15 is 0 Å². The Bertz CT molecular complexity index is 378. The van der Waals surface area contributed by atoms with Gasteiger partial charge in [0.15, 0.2) is 0 Å². The van der Waals surface area contributed by atoms with Crippen molar-refractivity contribution in [1.29, 1.82) is 0 Å². The van der Waals surface area contributed by atoms with Crippen LogP contribution in [0.5, 0.6) is 0 Å². The van der Waals surface area contributed by atoms with Gasteiger partial charge in [0.2, 0.25) is 0 Å². The van der Waals surface area contributed by atoms with Gasteiger partial charge in [-0.1, -0.05) is 51.1 Å². The minimum Gasteiger partial charge on any atom is -0.309 e. The molecule has 0 heterocycles. The Morgan fingerprint density at radius 1 is 1.16 bits per heavy atom. The minimum absolute atomic E-state index is 0.136. The number of hydrogen-bond donors (Lipinski definition) is 1. The van der Waals surface area contributed by atoms with Crippen molar-refractivity contribution in [3.05, 3.63) is 35.9 Å². The van der Waals surface area contributed by atoms with E-state index in [4.69, 9.17) is 0 Å². The van der Waals surface area contributed by atoms with Crippen LogP contribution in [0.4, 0.5) is 0 Å². The van der Waals surface area contributed by atoms with Gasteiger partial charge < -0.3 is 5.32 Å². The highest BCUT2D eigenvalue weighted by molar-refractivity contribution is 7.85. The van der Waals surface area contributed by atoms with Gasteiger partial charge in [0, 0.05) is 22.6 Å². The van der Waals surface area contributed by atoms with Gasteiger partial charge in [-0.2, -0.15) is 0 Å². The molecule has 0 amide bonds. The normalized spacial score (nSPS) is 16.3. The molecule has 3 unspecified atom stereocenters. The summed E-state index contributed by atoms with van der Waals surface area (Å²) in [7, 11) is -0.791. The van der Waals surface area contributed by atoms with E-state index in [1.54, 1.807) is 0 Å². The SMILES string of the molecule is CCCNC(c1ccccc1)C(C)S(=O)CC(C)C. The first kappa shape index (κ1) is 16.4. The van der Waals surface area contributed by atoms with Crippen LogP contribution in [0.2, 0.25) is 0 Å². The standard InChI is InChI=1S/C16H27NOS/c1-5-11-17-16(15-9-7-6-8-10-15)14(4)19(18)12-13(2)3/h6-10,13-14,16-17H,5,11-12H2,1-4H3. The molecule has 1 rings (SSSR count). The summed E-state index contributed by atoms with van der Waals surface area (Å²) >= 11 is 0. The lowest BCUT2D eigenvalue weighted by Crippen LogP contribution is -2.34. The molecule has 19 heavy (non-hydrogen) atoms. The number of rotatable bonds is 8. The summed E-state index contributed by atoms with van der Waals surface area (Å²) in [5.41, 5.74) is 1.24. The first-order chi connectivity index (χ1) is 9.06. The van der Waals surface area contributed by atoms with Crippen LogP contribution in [-0.2, 0) is 10.8 Å². The van der Waals surface area contributed by atoms with Crippen molar-refractivity contribution in [2.24, 2.45) is 5.92 Å². The molecule has 108 valence electrons. The lowest BCUT2D eigenvalue weighted by Gasteiger charge is -2.26. The quantitative estimate of drug-likeness (QED) is 0.790. The molecule has 0 spiro atoms. The van der Waals surface area contributed by atoms with Gasteiger partial charge in [0.1, 0.15) is 0 Å². The van der Waals surface area contributed by atoms with E-state index in [1.165, 1.54) is 5.56 Å². The summed E-state index contributed by atoms with van der Waals surface area (Å²) in [6.45, 7) is 9.47. The Morgan fingerprint density at radius 3 is 2.32 bits per heavy atom. The lowest BCUT2D eigenvalue weighted by molar-refractivity contribution is 0.516. The lowest BCUT2D eigenvalue weighted by atomic mass is 10.0. The van der Waals surface area contributed by atoms with E-state index in [2.05, 4.69) is 45.1 Å². The Kier molecular flexibility index (Phi) is 7.32. The van der Waals surface area contributed by atoms with Gasteiger partial charge >= 0.3 is 0 Å². The largest absolute Gasteiger partial charge is 0.309 e. The second-order valence-corrected chi connectivity index (χ2v) is 7.33. The number of benzene rings is 1. The summed E-state index contributed by atoms with van der Waals surface area (Å²) < 4.78 is 12.4. The monoisotopic (exact) mass is 281 g/mol. The third-order valence-electron chi connectivity index (χ3n) is 3.15. The van der Waals surface area contributed by atoms with Crippen LogP contribution in [-0.4, -0.2) is 21.8 Å². The van der Waals surface area contributed by atoms with Gasteiger partial charge in [-0.05, 0) is 31.4 Å². The van der Waals surface area contributed by atoms with Crippen LogP contribution in [0.15, 0.2) is 30.3 Å². The highest BCUT2D eigenvalue weighted by Crippen LogP contribution is 2.21. The molecule has 0 saturated heterocycles. The molecule has 1 aromatic rings. The maximum atomic E-state index is 12.4. The zero-order valence-electron chi connectivity index (χ0n) is 12.6. The summed E-state index contributed by atoms with van der Waals surface area (Å²) in [5, 5.41) is 3.68. The van der Waals surface area contributed by atoms with Crippen molar-refractivity contribution in [1.82, 2.24) is 5.32 Å². The second-order valence-electron chi connectivity index (χ2n) is 5.49. The van der Waals surface area contributed by atoms with E-state index in [0.717, 1.165) is 18.7 Å². The fourth-order valence-electron chi connectivity index (χ4n) is 2.15. The smallest absolute Gasteiger partial charge is 0.0514 e. The molecule has 0 saturated carbocycles. The van der Waals surface area contributed by atoms with Gasteiger partial charge in [-0.25, -0.2) is 0 Å². The molecule has 0 aliphatic rings. The summed E-state index contributed by atoms with van der Waals surface area (Å²) in [6, 6.07) is 10.5. The summed E-state index contributed by atoms with van der Waals surface area (Å²) in [4.78, 5) is 0. The molecule has 2 nitrogen and oxygen atoms in total. The van der Waals surface area contributed by atoms with Crippen LogP contribution in [0.25, 0.3) is 0 Å². The molecule has 0 fully saturated rings. The van der Waals surface area contributed by atoms with Gasteiger partial charge in [-0.15, -0.1) is 0 Å². The second kappa shape index (κ2) is 8.49. The Balaban J connectivity index is 2.81. The highest BCUT2D eigenvalue weighted by Gasteiger charge is 2.24. The Labute approximate surface area is 120 Å². The Hall–Kier alpha value is -0.670. The third kappa shape index (κ3) is 5.45. The minimum atomic E-state index is -0.791. The maximum absolute atomic E-state index is 12.4. The fourth-order valence-corrected chi connectivity index (χ4v) is 3.66. The van der Waals surface area contributed by atoms with Crippen LogP contribution < -0.4 is 5.32 Å². The predicted molar refractivity (Wildman–Crippen MR) is 84.8 cm³/mol. The first-order valence-electron chi connectivity index (χ1n) is 7.21. The summed E-state index contributed by atoms with van der Waals surface area (Å²) in [5.74, 6) is 1.25. The van der Waals surface area contributed by atoms with Gasteiger partial charge in [0.25, 0.3) is 0 Å². The fraction of sp³-hybridized carbons (Fsp3) is 0.625. The molecule has 0 radical (unpaired) electrons. The predicted octanol–water partition coefficient (Wildman–Crippen LogP) is 3.52. The topological polar surface area (TPSA) is 29.1 Å². The molecule has 3 atom stereocenters. The molecule has 1 aromatic carbocycles. The number of hydrogen-bond acceptors (Lipinski definition) is 2. The van der Waals surface area contributed by atoms with Crippen molar-refractivity contribution in [3.63, 3.8) is 0 Å². The first-order valence-corrected chi connectivity index (χ1v) is 8.60. The molecule has 0 aromatic heterocycles. The molecule has 1 N–H and O–H groups in total. The molecule has 3 heteroatoms. The number of nitrogens with one attached hydrogen (secondary N) is 1. The van der Waals surface area contributed by atoms with Crippen molar-refractivity contribution in [2.45, 2.75) is 45.4 Å². The zero-order valence-corrected chi connectivity index (χ0v) is 13.4. The van der Waals surface area contributed by atoms with E-state index < -0.39 is 10.8 Å². The van der Waals surface area contributed by atoms with E-state index in [1.807, 2.05) is 18.2 Å². The van der Waals surface area contributed by atoms with Crippen molar-refractivity contribution in [2.75, 3.05) is 12.3 Å². The van der Waals surface area contributed by atoms with Crippen LogP contribution in [0.3, 0.4) is 0 Å². The summed E-state index contributed by atoms with van der Waals surface area (Å²) in [6.07, 6.45) is 1.09.